The molecule has 0 aromatic heterocycles. The first kappa shape index (κ1) is 13.4. The normalized spacial score (nSPS) is 28.0. The summed E-state index contributed by atoms with van der Waals surface area (Å²) < 4.78 is 19.6. The van der Waals surface area contributed by atoms with Crippen LogP contribution in [-0.4, -0.2) is 30.3 Å². The van der Waals surface area contributed by atoms with Gasteiger partial charge in [-0.25, -0.2) is 9.18 Å². The van der Waals surface area contributed by atoms with Gasteiger partial charge in [0.15, 0.2) is 0 Å². The van der Waals surface area contributed by atoms with Gasteiger partial charge in [0.2, 0.25) is 5.67 Å². The number of halogens is 1. The summed E-state index contributed by atoms with van der Waals surface area (Å²) in [5.41, 5.74) is -2.42. The SMILES string of the molecule is CC(C)(C)OC(=O)C1(F)CCCCNCC1. The molecule has 0 saturated carbocycles. The van der Waals surface area contributed by atoms with Crippen LogP contribution < -0.4 is 5.32 Å². The number of rotatable bonds is 1. The van der Waals surface area contributed by atoms with Crippen molar-refractivity contribution in [1.82, 2.24) is 5.32 Å². The van der Waals surface area contributed by atoms with E-state index in [0.29, 0.717) is 6.54 Å². The number of hydrogen-bond acceptors (Lipinski definition) is 3. The predicted molar refractivity (Wildman–Crippen MR) is 61.0 cm³/mol. The molecule has 1 rings (SSSR count). The molecule has 1 atom stereocenters. The van der Waals surface area contributed by atoms with E-state index in [-0.39, 0.29) is 12.8 Å². The zero-order chi connectivity index (χ0) is 12.2. The number of nitrogens with one attached hydrogen (secondary N) is 1. The van der Waals surface area contributed by atoms with Gasteiger partial charge in [0.05, 0.1) is 0 Å². The maximum atomic E-state index is 14.4. The van der Waals surface area contributed by atoms with E-state index in [9.17, 15) is 9.18 Å². The lowest BCUT2D eigenvalue weighted by atomic mass is 9.93. The molecule has 4 heteroatoms. The summed E-state index contributed by atoms with van der Waals surface area (Å²) in [6.45, 7) is 6.72. The second kappa shape index (κ2) is 5.13. The van der Waals surface area contributed by atoms with Crippen molar-refractivity contribution in [2.45, 2.75) is 57.7 Å². The first-order chi connectivity index (χ1) is 7.33. The molecule has 94 valence electrons. The highest BCUT2D eigenvalue weighted by Crippen LogP contribution is 2.28. The molecule has 0 radical (unpaired) electrons. The van der Waals surface area contributed by atoms with Crippen molar-refractivity contribution in [3.8, 4) is 0 Å². The highest BCUT2D eigenvalue weighted by molar-refractivity contribution is 5.79. The highest BCUT2D eigenvalue weighted by Gasteiger charge is 2.41. The van der Waals surface area contributed by atoms with Gasteiger partial charge < -0.3 is 10.1 Å². The van der Waals surface area contributed by atoms with Crippen LogP contribution in [0.25, 0.3) is 0 Å². The molecule has 1 unspecified atom stereocenters. The van der Waals surface area contributed by atoms with Gasteiger partial charge in [-0.3, -0.25) is 0 Å². The van der Waals surface area contributed by atoms with Gasteiger partial charge in [0.25, 0.3) is 0 Å². The third-order valence-corrected chi connectivity index (χ3v) is 2.64. The Labute approximate surface area is 96.7 Å². The fourth-order valence-electron chi connectivity index (χ4n) is 1.77. The molecule has 0 aromatic carbocycles. The molecule has 0 spiro atoms. The van der Waals surface area contributed by atoms with E-state index in [4.69, 9.17) is 4.74 Å². The molecule has 1 aliphatic rings. The second-order valence-corrected chi connectivity index (χ2v) is 5.42. The van der Waals surface area contributed by atoms with Gasteiger partial charge in [-0.05, 0) is 53.1 Å². The zero-order valence-corrected chi connectivity index (χ0v) is 10.4. The minimum atomic E-state index is -1.80. The number of hydrogen-bond donors (Lipinski definition) is 1. The van der Waals surface area contributed by atoms with Crippen LogP contribution in [0.15, 0.2) is 0 Å². The maximum Gasteiger partial charge on any atom is 0.344 e. The van der Waals surface area contributed by atoms with Gasteiger partial charge >= 0.3 is 5.97 Å². The fraction of sp³-hybridized carbons (Fsp3) is 0.917. The van der Waals surface area contributed by atoms with Crippen molar-refractivity contribution in [3.63, 3.8) is 0 Å². The Morgan fingerprint density at radius 3 is 2.56 bits per heavy atom. The Kier molecular flexibility index (Phi) is 4.30. The summed E-state index contributed by atoms with van der Waals surface area (Å²) in [5.74, 6) is -0.705. The third kappa shape index (κ3) is 4.08. The van der Waals surface area contributed by atoms with Crippen LogP contribution in [0.1, 0.15) is 46.5 Å². The lowest BCUT2D eigenvalue weighted by Gasteiger charge is -2.29. The molecular formula is C12H22FNO2. The third-order valence-electron chi connectivity index (χ3n) is 2.64. The number of ether oxygens (including phenoxy) is 1. The molecule has 16 heavy (non-hydrogen) atoms. The second-order valence-electron chi connectivity index (χ2n) is 5.42. The lowest BCUT2D eigenvalue weighted by Crippen LogP contribution is -2.43. The molecule has 1 aliphatic heterocycles. The molecule has 0 aliphatic carbocycles. The Balaban J connectivity index is 2.62. The van der Waals surface area contributed by atoms with Crippen LogP contribution in [0.5, 0.6) is 0 Å². The monoisotopic (exact) mass is 231 g/mol. The minimum Gasteiger partial charge on any atom is -0.458 e. The summed E-state index contributed by atoms with van der Waals surface area (Å²) in [6, 6.07) is 0. The van der Waals surface area contributed by atoms with E-state index < -0.39 is 17.2 Å². The Morgan fingerprint density at radius 2 is 1.94 bits per heavy atom. The summed E-state index contributed by atoms with van der Waals surface area (Å²) >= 11 is 0. The average molecular weight is 231 g/mol. The molecule has 1 heterocycles. The van der Waals surface area contributed by atoms with Gasteiger partial charge in [-0.1, -0.05) is 0 Å². The maximum absolute atomic E-state index is 14.4. The zero-order valence-electron chi connectivity index (χ0n) is 10.4. The van der Waals surface area contributed by atoms with Crippen LogP contribution >= 0.6 is 0 Å². The van der Waals surface area contributed by atoms with Crippen molar-refractivity contribution in [3.05, 3.63) is 0 Å². The number of carbonyl (C=O) groups excluding carboxylic acids is 1. The van der Waals surface area contributed by atoms with Crippen molar-refractivity contribution >= 4 is 5.97 Å². The molecule has 0 bridgehead atoms. The fourth-order valence-corrected chi connectivity index (χ4v) is 1.77. The highest BCUT2D eigenvalue weighted by atomic mass is 19.1. The first-order valence-corrected chi connectivity index (χ1v) is 5.97. The topological polar surface area (TPSA) is 38.3 Å². The van der Waals surface area contributed by atoms with E-state index in [1.54, 1.807) is 20.8 Å². The largest absolute Gasteiger partial charge is 0.458 e. The molecular weight excluding hydrogens is 209 g/mol. The molecule has 0 aromatic rings. The van der Waals surface area contributed by atoms with Crippen molar-refractivity contribution in [1.29, 1.82) is 0 Å². The quantitative estimate of drug-likeness (QED) is 0.703. The Bertz CT molecular complexity index is 240. The summed E-state index contributed by atoms with van der Waals surface area (Å²) in [4.78, 5) is 11.8. The minimum absolute atomic E-state index is 0.210. The van der Waals surface area contributed by atoms with Gasteiger partial charge in [-0.2, -0.15) is 0 Å². The van der Waals surface area contributed by atoms with Crippen LogP contribution in [0, 0.1) is 0 Å². The van der Waals surface area contributed by atoms with Crippen molar-refractivity contribution in [2.24, 2.45) is 0 Å². The molecule has 1 saturated heterocycles. The molecule has 1 fully saturated rings. The van der Waals surface area contributed by atoms with Crippen LogP contribution in [0.2, 0.25) is 0 Å². The van der Waals surface area contributed by atoms with Crippen molar-refractivity contribution < 1.29 is 13.9 Å². The van der Waals surface area contributed by atoms with E-state index in [1.807, 2.05) is 0 Å². The molecule has 0 amide bonds. The van der Waals surface area contributed by atoms with Gasteiger partial charge in [0.1, 0.15) is 5.60 Å². The Morgan fingerprint density at radius 1 is 1.25 bits per heavy atom. The van der Waals surface area contributed by atoms with Crippen LogP contribution in [0.3, 0.4) is 0 Å². The summed E-state index contributed by atoms with van der Waals surface area (Å²) in [6.07, 6.45) is 2.13. The Hall–Kier alpha value is -0.640. The molecule has 1 N–H and O–H groups in total. The van der Waals surface area contributed by atoms with E-state index >= 15 is 0 Å². The summed E-state index contributed by atoms with van der Waals surface area (Å²) in [5, 5.41) is 3.11. The average Bonchev–Trinajstić information content (AvgIpc) is 2.08. The molecule has 3 nitrogen and oxygen atoms in total. The van der Waals surface area contributed by atoms with Crippen LogP contribution in [0.4, 0.5) is 4.39 Å². The van der Waals surface area contributed by atoms with E-state index in [2.05, 4.69) is 5.32 Å². The lowest BCUT2D eigenvalue weighted by molar-refractivity contribution is -0.171. The first-order valence-electron chi connectivity index (χ1n) is 5.97. The smallest absolute Gasteiger partial charge is 0.344 e. The van der Waals surface area contributed by atoms with Gasteiger partial charge in [0, 0.05) is 6.42 Å². The predicted octanol–water partition coefficient (Wildman–Crippen LogP) is 2.20. The van der Waals surface area contributed by atoms with E-state index in [1.165, 1.54) is 0 Å². The summed E-state index contributed by atoms with van der Waals surface area (Å²) in [7, 11) is 0. The van der Waals surface area contributed by atoms with Crippen molar-refractivity contribution in [2.75, 3.05) is 13.1 Å². The van der Waals surface area contributed by atoms with Gasteiger partial charge in [-0.15, -0.1) is 0 Å². The number of esters is 1. The number of alkyl halides is 1. The van der Waals surface area contributed by atoms with Crippen LogP contribution in [-0.2, 0) is 9.53 Å². The van der Waals surface area contributed by atoms with E-state index in [0.717, 1.165) is 19.4 Å². The standard InChI is InChI=1S/C12H22FNO2/c1-11(2,3)16-10(15)12(13)6-4-5-8-14-9-7-12/h14H,4-9H2,1-3H3. The number of carbonyl (C=O) groups is 1.